The molecule has 6 heteroatoms. The van der Waals surface area contributed by atoms with Gasteiger partial charge in [0.05, 0.1) is 0 Å². The van der Waals surface area contributed by atoms with E-state index < -0.39 is 12.1 Å². The number of carboxylic acid groups (broad SMARTS) is 1. The Labute approximate surface area is 124 Å². The zero-order valence-corrected chi connectivity index (χ0v) is 12.2. The summed E-state index contributed by atoms with van der Waals surface area (Å²) in [7, 11) is 2.01. The monoisotopic (exact) mass is 291 g/mol. The summed E-state index contributed by atoms with van der Waals surface area (Å²) in [4.78, 5) is 27.4. The summed E-state index contributed by atoms with van der Waals surface area (Å²) in [5.74, 6) is -0.144. The summed E-state index contributed by atoms with van der Waals surface area (Å²) in [5, 5.41) is 11.3. The first-order chi connectivity index (χ1) is 10.1. The van der Waals surface area contributed by atoms with Crippen LogP contribution < -0.4 is 5.32 Å². The maximum absolute atomic E-state index is 12.5. The molecule has 1 fully saturated rings. The molecule has 0 unspecified atom stereocenters. The Hall–Kier alpha value is -2.08. The molecule has 6 nitrogen and oxygen atoms in total. The summed E-state index contributed by atoms with van der Waals surface area (Å²) in [5.41, 5.74) is 0.943. The van der Waals surface area contributed by atoms with Crippen LogP contribution in [-0.4, -0.2) is 66.2 Å². The third kappa shape index (κ3) is 4.46. The fraction of sp³-hybridized carbons (Fsp3) is 0.467. The van der Waals surface area contributed by atoms with Gasteiger partial charge in [-0.2, -0.15) is 0 Å². The molecule has 1 aromatic carbocycles. The normalized spacial score (nSPS) is 17.3. The van der Waals surface area contributed by atoms with Gasteiger partial charge in [-0.1, -0.05) is 30.3 Å². The van der Waals surface area contributed by atoms with Crippen molar-refractivity contribution in [3.8, 4) is 0 Å². The number of carbonyl (C=O) groups is 2. The van der Waals surface area contributed by atoms with Crippen LogP contribution in [0.25, 0.3) is 0 Å². The molecule has 2 amide bonds. The summed E-state index contributed by atoms with van der Waals surface area (Å²) < 4.78 is 0. The van der Waals surface area contributed by atoms with Gasteiger partial charge in [0.25, 0.3) is 0 Å². The van der Waals surface area contributed by atoms with E-state index >= 15 is 0 Å². The highest BCUT2D eigenvalue weighted by molar-refractivity contribution is 5.85. The lowest BCUT2D eigenvalue weighted by Crippen LogP contribution is -2.54. The zero-order chi connectivity index (χ0) is 15.2. The molecule has 0 spiro atoms. The number of nitrogens with zero attached hydrogens (tertiary/aromatic N) is 2. The highest BCUT2D eigenvalue weighted by atomic mass is 16.4. The Morgan fingerprint density at radius 3 is 2.38 bits per heavy atom. The van der Waals surface area contributed by atoms with E-state index in [0.717, 1.165) is 18.7 Å². The molecule has 0 bridgehead atoms. The highest BCUT2D eigenvalue weighted by Crippen LogP contribution is 2.08. The minimum atomic E-state index is -1.17. The van der Waals surface area contributed by atoms with Crippen LogP contribution in [0.3, 0.4) is 0 Å². The van der Waals surface area contributed by atoms with E-state index in [0.29, 0.717) is 19.5 Å². The number of hydrogen-bond donors (Lipinski definition) is 2. The van der Waals surface area contributed by atoms with Crippen molar-refractivity contribution < 1.29 is 14.7 Å². The van der Waals surface area contributed by atoms with Crippen LogP contribution in [0.1, 0.15) is 5.56 Å². The second kappa shape index (κ2) is 7.08. The van der Waals surface area contributed by atoms with E-state index in [1.807, 2.05) is 37.4 Å². The topological polar surface area (TPSA) is 72.9 Å². The van der Waals surface area contributed by atoms with Crippen molar-refractivity contribution in [2.75, 3.05) is 33.2 Å². The smallest absolute Gasteiger partial charge is 0.405 e. The lowest BCUT2D eigenvalue weighted by Gasteiger charge is -2.34. The van der Waals surface area contributed by atoms with Gasteiger partial charge in [0.1, 0.15) is 6.04 Å². The second-order valence-electron chi connectivity index (χ2n) is 5.32. The van der Waals surface area contributed by atoms with Gasteiger partial charge < -0.3 is 20.2 Å². The zero-order valence-electron chi connectivity index (χ0n) is 12.2. The number of amides is 2. The molecule has 1 heterocycles. The number of benzene rings is 1. The molecule has 1 saturated heterocycles. The third-order valence-electron chi connectivity index (χ3n) is 3.69. The Balaban J connectivity index is 2.04. The molecule has 0 aliphatic carbocycles. The van der Waals surface area contributed by atoms with Crippen molar-refractivity contribution in [2.45, 2.75) is 12.5 Å². The molecule has 0 radical (unpaired) electrons. The predicted octanol–water partition coefficient (Wildman–Crippen LogP) is 0.639. The van der Waals surface area contributed by atoms with Gasteiger partial charge in [-0.15, -0.1) is 0 Å². The largest absolute Gasteiger partial charge is 0.465 e. The summed E-state index contributed by atoms with van der Waals surface area (Å²) in [6.07, 6.45) is -0.795. The van der Waals surface area contributed by atoms with Crippen molar-refractivity contribution in [2.24, 2.45) is 0 Å². The maximum Gasteiger partial charge on any atom is 0.405 e. The molecule has 2 rings (SSSR count). The van der Waals surface area contributed by atoms with Crippen molar-refractivity contribution in [3.05, 3.63) is 35.9 Å². The van der Waals surface area contributed by atoms with Gasteiger partial charge in [0, 0.05) is 32.6 Å². The van der Waals surface area contributed by atoms with Crippen LogP contribution in [0.4, 0.5) is 4.79 Å². The van der Waals surface area contributed by atoms with Crippen LogP contribution >= 0.6 is 0 Å². The van der Waals surface area contributed by atoms with Crippen molar-refractivity contribution >= 4 is 12.0 Å². The molecular formula is C15H21N3O3. The van der Waals surface area contributed by atoms with Crippen molar-refractivity contribution in [1.82, 2.24) is 15.1 Å². The molecule has 21 heavy (non-hydrogen) atoms. The molecule has 114 valence electrons. The van der Waals surface area contributed by atoms with E-state index in [4.69, 9.17) is 5.11 Å². The summed E-state index contributed by atoms with van der Waals surface area (Å²) in [6, 6.07) is 8.72. The molecule has 0 aromatic heterocycles. The number of carbonyl (C=O) groups excluding carboxylic acids is 1. The van der Waals surface area contributed by atoms with E-state index in [1.165, 1.54) is 0 Å². The van der Waals surface area contributed by atoms with Gasteiger partial charge in [0.2, 0.25) is 5.91 Å². The average Bonchev–Trinajstić information content (AvgIpc) is 2.47. The standard InChI is InChI=1S/C15H21N3O3/c1-17-7-9-18(10-8-17)14(19)13(16-15(20)21)11-12-5-3-2-4-6-12/h2-6,13,16H,7-11H2,1H3,(H,20,21)/t13-/m0/s1. The molecule has 1 aliphatic rings. The Morgan fingerprint density at radius 1 is 1.19 bits per heavy atom. The fourth-order valence-electron chi connectivity index (χ4n) is 2.45. The minimum absolute atomic E-state index is 0.144. The number of piperazine rings is 1. The minimum Gasteiger partial charge on any atom is -0.465 e. The Bertz CT molecular complexity index is 484. The Kier molecular flexibility index (Phi) is 5.16. The number of rotatable bonds is 4. The van der Waals surface area contributed by atoms with Gasteiger partial charge in [-0.05, 0) is 12.6 Å². The first kappa shape index (κ1) is 15.3. The molecule has 1 atom stereocenters. The van der Waals surface area contributed by atoms with Gasteiger partial charge in [-0.25, -0.2) is 4.79 Å². The number of likely N-dealkylation sites (N-methyl/N-ethyl adjacent to an activating group) is 1. The third-order valence-corrected chi connectivity index (χ3v) is 3.69. The van der Waals surface area contributed by atoms with Crippen molar-refractivity contribution in [1.29, 1.82) is 0 Å². The van der Waals surface area contributed by atoms with Crippen LogP contribution in [0.15, 0.2) is 30.3 Å². The molecule has 1 aromatic rings. The van der Waals surface area contributed by atoms with E-state index in [1.54, 1.807) is 4.90 Å². The van der Waals surface area contributed by atoms with Crippen LogP contribution in [0.5, 0.6) is 0 Å². The van der Waals surface area contributed by atoms with E-state index in [9.17, 15) is 9.59 Å². The molecule has 0 saturated carbocycles. The average molecular weight is 291 g/mol. The fourth-order valence-corrected chi connectivity index (χ4v) is 2.45. The van der Waals surface area contributed by atoms with E-state index in [2.05, 4.69) is 10.2 Å². The summed E-state index contributed by atoms with van der Waals surface area (Å²) >= 11 is 0. The number of hydrogen-bond acceptors (Lipinski definition) is 3. The van der Waals surface area contributed by atoms with Gasteiger partial charge >= 0.3 is 6.09 Å². The number of nitrogens with one attached hydrogen (secondary N) is 1. The summed E-state index contributed by atoms with van der Waals surface area (Å²) in [6.45, 7) is 2.91. The van der Waals surface area contributed by atoms with Crippen LogP contribution in [0.2, 0.25) is 0 Å². The first-order valence-electron chi connectivity index (χ1n) is 7.07. The lowest BCUT2D eigenvalue weighted by molar-refractivity contribution is -0.134. The van der Waals surface area contributed by atoms with Crippen LogP contribution in [0, 0.1) is 0 Å². The van der Waals surface area contributed by atoms with Crippen LogP contribution in [-0.2, 0) is 11.2 Å². The molecular weight excluding hydrogens is 270 g/mol. The lowest BCUT2D eigenvalue weighted by atomic mass is 10.0. The molecule has 2 N–H and O–H groups in total. The maximum atomic E-state index is 12.5. The highest BCUT2D eigenvalue weighted by Gasteiger charge is 2.27. The van der Waals surface area contributed by atoms with Gasteiger partial charge in [-0.3, -0.25) is 4.79 Å². The Morgan fingerprint density at radius 2 is 1.81 bits per heavy atom. The van der Waals surface area contributed by atoms with Gasteiger partial charge in [0.15, 0.2) is 0 Å². The molecule has 1 aliphatic heterocycles. The first-order valence-corrected chi connectivity index (χ1v) is 7.07. The quantitative estimate of drug-likeness (QED) is 0.854. The SMILES string of the molecule is CN1CCN(C(=O)[C@H](Cc2ccccc2)NC(=O)O)CC1. The van der Waals surface area contributed by atoms with Crippen molar-refractivity contribution in [3.63, 3.8) is 0 Å². The second-order valence-corrected chi connectivity index (χ2v) is 5.32. The van der Waals surface area contributed by atoms with E-state index in [-0.39, 0.29) is 5.91 Å². The predicted molar refractivity (Wildman–Crippen MR) is 79.2 cm³/mol.